The molecule has 5 aromatic rings. The number of nitrogens with one attached hydrogen (secondary N) is 3. The number of nitrogens with zero attached hydrogens (tertiary/aromatic N) is 1. The minimum absolute atomic E-state index is 0.0873. The van der Waals surface area contributed by atoms with E-state index in [1.165, 1.54) is 0 Å². The topological polar surface area (TPSA) is 113 Å². The number of amides is 1. The van der Waals surface area contributed by atoms with Crippen LogP contribution in [0, 0.1) is 6.92 Å². The van der Waals surface area contributed by atoms with Crippen LogP contribution in [0.5, 0.6) is 5.88 Å². The number of aromatic amines is 1. The Morgan fingerprint density at radius 2 is 1.65 bits per heavy atom. The van der Waals surface area contributed by atoms with Gasteiger partial charge >= 0.3 is 6.09 Å². The minimum Gasteiger partial charge on any atom is -0.392 e. The molecule has 1 amide bonds. The van der Waals surface area contributed by atoms with E-state index in [-0.39, 0.29) is 16.2 Å². The Morgan fingerprint density at radius 1 is 0.925 bits per heavy atom. The van der Waals surface area contributed by atoms with Gasteiger partial charge in [-0.15, -0.1) is 0 Å². The molecule has 0 atom stereocenters. The third-order valence-electron chi connectivity index (χ3n) is 6.53. The van der Waals surface area contributed by atoms with Gasteiger partial charge in [0.25, 0.3) is 10.0 Å². The fourth-order valence-electron chi connectivity index (χ4n) is 4.38. The highest BCUT2D eigenvalue weighted by Gasteiger charge is 2.21. The van der Waals surface area contributed by atoms with Gasteiger partial charge < -0.3 is 9.72 Å². The largest absolute Gasteiger partial charge is 0.419 e. The summed E-state index contributed by atoms with van der Waals surface area (Å²) in [5.41, 5.74) is 4.22. The molecular formula is C31H30N4O4S. The predicted octanol–water partition coefficient (Wildman–Crippen LogP) is 7.25. The summed E-state index contributed by atoms with van der Waals surface area (Å²) in [7, 11) is -3.84. The number of pyridine rings is 1. The summed E-state index contributed by atoms with van der Waals surface area (Å²) in [5, 5.41) is 3.36. The number of anilines is 2. The summed E-state index contributed by atoms with van der Waals surface area (Å²) < 4.78 is 34.8. The zero-order chi connectivity index (χ0) is 28.5. The molecule has 2 heterocycles. The van der Waals surface area contributed by atoms with Crippen LogP contribution < -0.4 is 14.8 Å². The van der Waals surface area contributed by atoms with E-state index in [0.717, 1.165) is 16.7 Å². The Morgan fingerprint density at radius 3 is 2.33 bits per heavy atom. The van der Waals surface area contributed by atoms with Gasteiger partial charge in [-0.25, -0.2) is 18.2 Å². The van der Waals surface area contributed by atoms with Crippen LogP contribution in [0.1, 0.15) is 31.9 Å². The highest BCUT2D eigenvalue weighted by molar-refractivity contribution is 7.92. The number of ether oxygens (including phenoxy) is 1. The summed E-state index contributed by atoms with van der Waals surface area (Å²) in [6.45, 7) is 8.06. The lowest BCUT2D eigenvalue weighted by atomic mass is 9.87. The molecule has 3 N–H and O–H groups in total. The number of aryl methyl sites for hydroxylation is 1. The number of carbonyl (C=O) groups excluding carboxylic acids is 1. The third-order valence-corrected chi connectivity index (χ3v) is 7.93. The molecule has 3 aromatic carbocycles. The van der Waals surface area contributed by atoms with Gasteiger partial charge in [0.2, 0.25) is 5.88 Å². The van der Waals surface area contributed by atoms with Crippen molar-refractivity contribution in [3.63, 3.8) is 0 Å². The first-order valence-corrected chi connectivity index (χ1v) is 14.2. The van der Waals surface area contributed by atoms with Crippen molar-refractivity contribution in [3.05, 3.63) is 102 Å². The molecule has 0 bridgehead atoms. The smallest absolute Gasteiger partial charge is 0.392 e. The maximum atomic E-state index is 13.2. The van der Waals surface area contributed by atoms with Crippen LogP contribution in [0.15, 0.2) is 96.0 Å². The number of fused-ring (bicyclic) bond motifs is 1. The second-order valence-corrected chi connectivity index (χ2v) is 12.2. The van der Waals surface area contributed by atoms with Crippen molar-refractivity contribution in [2.75, 3.05) is 10.0 Å². The fraction of sp³-hybridized carbons (Fsp3) is 0.161. The van der Waals surface area contributed by atoms with Crippen molar-refractivity contribution >= 4 is 38.5 Å². The van der Waals surface area contributed by atoms with Gasteiger partial charge in [0.05, 0.1) is 10.5 Å². The number of H-pyrrole nitrogens is 1. The number of sulfonamides is 1. The van der Waals surface area contributed by atoms with E-state index in [1.807, 2.05) is 55.5 Å². The maximum absolute atomic E-state index is 13.2. The van der Waals surface area contributed by atoms with Gasteiger partial charge in [-0.3, -0.25) is 10.0 Å². The van der Waals surface area contributed by atoms with E-state index in [0.29, 0.717) is 28.0 Å². The average Bonchev–Trinajstić information content (AvgIpc) is 3.26. The highest BCUT2D eigenvalue weighted by Crippen LogP contribution is 2.39. The molecule has 0 fully saturated rings. The summed E-state index contributed by atoms with van der Waals surface area (Å²) >= 11 is 0. The van der Waals surface area contributed by atoms with Crippen LogP contribution in [0.2, 0.25) is 0 Å². The molecule has 9 heteroatoms. The van der Waals surface area contributed by atoms with Crippen LogP contribution in [0.25, 0.3) is 22.0 Å². The summed E-state index contributed by atoms with van der Waals surface area (Å²) in [4.78, 5) is 20.3. The van der Waals surface area contributed by atoms with Gasteiger partial charge in [-0.05, 0) is 65.4 Å². The molecule has 8 nitrogen and oxygen atoms in total. The Balaban J connectivity index is 1.48. The Labute approximate surface area is 233 Å². The molecular weight excluding hydrogens is 524 g/mol. The Bertz CT molecular complexity index is 1790. The van der Waals surface area contributed by atoms with Crippen molar-refractivity contribution < 1.29 is 17.9 Å². The van der Waals surface area contributed by atoms with Gasteiger partial charge in [-0.2, -0.15) is 0 Å². The second-order valence-electron chi connectivity index (χ2n) is 10.5. The average molecular weight is 555 g/mol. The Kier molecular flexibility index (Phi) is 7.08. The van der Waals surface area contributed by atoms with Crippen molar-refractivity contribution in [1.82, 2.24) is 9.97 Å². The molecule has 204 valence electrons. The van der Waals surface area contributed by atoms with Crippen molar-refractivity contribution in [2.45, 2.75) is 38.0 Å². The maximum Gasteiger partial charge on any atom is 0.419 e. The van der Waals surface area contributed by atoms with Gasteiger partial charge in [0.15, 0.2) is 0 Å². The second kappa shape index (κ2) is 10.5. The lowest BCUT2D eigenvalue weighted by Gasteiger charge is -2.19. The number of carbonyl (C=O) groups is 1. The summed E-state index contributed by atoms with van der Waals surface area (Å²) in [5.74, 6) is 0.627. The summed E-state index contributed by atoms with van der Waals surface area (Å²) in [6, 6.07) is 25.1. The van der Waals surface area contributed by atoms with E-state index >= 15 is 0 Å². The molecule has 0 spiro atoms. The zero-order valence-electron chi connectivity index (χ0n) is 22.6. The van der Waals surface area contributed by atoms with Gasteiger partial charge in [0.1, 0.15) is 5.82 Å². The molecule has 0 saturated carbocycles. The first-order chi connectivity index (χ1) is 19.0. The first kappa shape index (κ1) is 27.0. The zero-order valence-corrected chi connectivity index (χ0v) is 23.5. The third kappa shape index (κ3) is 5.69. The molecule has 0 aliphatic rings. The molecule has 5 rings (SSSR count). The van der Waals surface area contributed by atoms with Crippen molar-refractivity contribution in [2.24, 2.45) is 0 Å². The lowest BCUT2D eigenvalue weighted by molar-refractivity contribution is 0.214. The fourth-order valence-corrected chi connectivity index (χ4v) is 5.43. The molecule has 0 radical (unpaired) electrons. The Hall–Kier alpha value is -4.63. The van der Waals surface area contributed by atoms with Gasteiger partial charge in [0, 0.05) is 22.8 Å². The number of benzene rings is 3. The van der Waals surface area contributed by atoms with Crippen LogP contribution in [-0.4, -0.2) is 24.5 Å². The van der Waals surface area contributed by atoms with Crippen LogP contribution in [-0.2, 0) is 15.4 Å². The quantitative estimate of drug-likeness (QED) is 0.205. The molecule has 0 saturated heterocycles. The normalized spacial score (nSPS) is 11.8. The number of hydrogen-bond donors (Lipinski definition) is 3. The minimum atomic E-state index is -3.84. The standard InChI is InChI=1S/C31H30N4O4S/c1-20-9-8-18-32-28(20)34-30(36)39-29-27(21-10-6-5-7-11-21)25-19-23(14-17-26(25)33-29)35-40(37,38)24-15-12-22(13-16-24)31(2,3)4/h5-19,33,35H,1-4H3,(H,32,34,36). The van der Waals surface area contributed by atoms with Gasteiger partial charge in [-0.1, -0.05) is 69.3 Å². The SMILES string of the molecule is Cc1cccnc1NC(=O)Oc1[nH]c2ccc(NS(=O)(=O)c3ccc(C(C)(C)C)cc3)cc2c1-c1ccccc1. The van der Waals surface area contributed by atoms with E-state index in [1.54, 1.807) is 42.6 Å². The molecule has 0 aliphatic heterocycles. The predicted molar refractivity (Wildman–Crippen MR) is 158 cm³/mol. The van der Waals surface area contributed by atoms with Crippen LogP contribution >= 0.6 is 0 Å². The van der Waals surface area contributed by atoms with E-state index in [9.17, 15) is 13.2 Å². The molecule has 0 aliphatic carbocycles. The van der Waals surface area contributed by atoms with Crippen LogP contribution in [0.3, 0.4) is 0 Å². The first-order valence-electron chi connectivity index (χ1n) is 12.8. The number of aromatic nitrogens is 2. The lowest BCUT2D eigenvalue weighted by Crippen LogP contribution is -2.18. The number of rotatable bonds is 6. The molecule has 2 aromatic heterocycles. The van der Waals surface area contributed by atoms with E-state index < -0.39 is 16.1 Å². The van der Waals surface area contributed by atoms with Crippen molar-refractivity contribution in [1.29, 1.82) is 0 Å². The van der Waals surface area contributed by atoms with Crippen LogP contribution in [0.4, 0.5) is 16.3 Å². The monoisotopic (exact) mass is 554 g/mol. The van der Waals surface area contributed by atoms with E-state index in [2.05, 4.69) is 40.8 Å². The number of hydrogen-bond acceptors (Lipinski definition) is 5. The molecule has 40 heavy (non-hydrogen) atoms. The van der Waals surface area contributed by atoms with E-state index in [4.69, 9.17) is 4.74 Å². The summed E-state index contributed by atoms with van der Waals surface area (Å²) in [6.07, 6.45) is 0.882. The van der Waals surface area contributed by atoms with Crippen molar-refractivity contribution in [3.8, 4) is 17.0 Å². The molecule has 0 unspecified atom stereocenters. The highest BCUT2D eigenvalue weighted by atomic mass is 32.2.